The second-order valence-electron chi connectivity index (χ2n) is 4.20. The number of hydrogen-bond acceptors (Lipinski definition) is 3. The van der Waals surface area contributed by atoms with Gasteiger partial charge in [0, 0.05) is 4.90 Å². The molecule has 0 heterocycles. The molecule has 0 radical (unpaired) electrons. The van der Waals surface area contributed by atoms with Gasteiger partial charge in [-0.3, -0.25) is 9.00 Å². The number of nitrogens with one attached hydrogen (secondary N) is 1. The fourth-order valence-electron chi connectivity index (χ4n) is 1.75. The Morgan fingerprint density at radius 3 is 2.71 bits per heavy atom. The van der Waals surface area contributed by atoms with Gasteiger partial charge >= 0.3 is 0 Å². The standard InChI is InChI=1S/C15H14FNO3S/c1-20-14-8-3-2-7-13(14)17-15(18)10-21(19)12-6-4-5-11(16)9-12/h2-9H,10H2,1H3,(H,17,18). The van der Waals surface area contributed by atoms with E-state index in [9.17, 15) is 13.4 Å². The van der Waals surface area contributed by atoms with Crippen molar-refractivity contribution in [2.45, 2.75) is 4.90 Å². The molecule has 4 nitrogen and oxygen atoms in total. The second kappa shape index (κ2) is 6.99. The molecule has 2 rings (SSSR count). The molecule has 0 saturated heterocycles. The van der Waals surface area contributed by atoms with Crippen molar-refractivity contribution >= 4 is 22.4 Å². The zero-order valence-electron chi connectivity index (χ0n) is 11.3. The monoisotopic (exact) mass is 307 g/mol. The van der Waals surface area contributed by atoms with Crippen LogP contribution >= 0.6 is 0 Å². The van der Waals surface area contributed by atoms with Crippen LogP contribution in [0.25, 0.3) is 0 Å². The summed E-state index contributed by atoms with van der Waals surface area (Å²) < 4.78 is 30.2. The Morgan fingerprint density at radius 1 is 1.24 bits per heavy atom. The van der Waals surface area contributed by atoms with Crippen molar-refractivity contribution in [3.05, 3.63) is 54.3 Å². The smallest absolute Gasteiger partial charge is 0.237 e. The highest BCUT2D eigenvalue weighted by Crippen LogP contribution is 2.23. The molecule has 1 amide bonds. The van der Waals surface area contributed by atoms with E-state index in [1.165, 1.54) is 25.3 Å². The van der Waals surface area contributed by atoms with Gasteiger partial charge in [-0.15, -0.1) is 0 Å². The number of carbonyl (C=O) groups is 1. The minimum Gasteiger partial charge on any atom is -0.495 e. The molecule has 0 aliphatic carbocycles. The summed E-state index contributed by atoms with van der Waals surface area (Å²) in [5.74, 6) is -0.642. The van der Waals surface area contributed by atoms with Crippen molar-refractivity contribution < 1.29 is 18.1 Å². The molecule has 110 valence electrons. The van der Waals surface area contributed by atoms with Gasteiger partial charge in [-0.05, 0) is 30.3 Å². The third-order valence-electron chi connectivity index (χ3n) is 2.70. The number of rotatable bonds is 5. The van der Waals surface area contributed by atoms with Crippen LogP contribution in [0.2, 0.25) is 0 Å². The molecule has 0 aliphatic rings. The van der Waals surface area contributed by atoms with Crippen LogP contribution < -0.4 is 10.1 Å². The summed E-state index contributed by atoms with van der Waals surface area (Å²) in [6.45, 7) is 0. The van der Waals surface area contributed by atoms with Crippen molar-refractivity contribution in [2.24, 2.45) is 0 Å². The number of hydrogen-bond donors (Lipinski definition) is 1. The lowest BCUT2D eigenvalue weighted by atomic mass is 10.3. The first-order valence-corrected chi connectivity index (χ1v) is 7.49. The van der Waals surface area contributed by atoms with Gasteiger partial charge in [0.1, 0.15) is 17.3 Å². The highest BCUT2D eigenvalue weighted by atomic mass is 32.2. The van der Waals surface area contributed by atoms with Gasteiger partial charge in [0.05, 0.1) is 23.6 Å². The normalized spacial score (nSPS) is 11.7. The molecular formula is C15H14FNO3S. The van der Waals surface area contributed by atoms with Gasteiger partial charge in [0.2, 0.25) is 5.91 Å². The van der Waals surface area contributed by atoms with Crippen LogP contribution in [0, 0.1) is 5.82 Å². The lowest BCUT2D eigenvalue weighted by molar-refractivity contribution is -0.113. The summed E-state index contributed by atoms with van der Waals surface area (Å²) in [6.07, 6.45) is 0. The molecule has 0 spiro atoms. The fraction of sp³-hybridized carbons (Fsp3) is 0.133. The summed E-state index contributed by atoms with van der Waals surface area (Å²) in [5, 5.41) is 2.63. The maximum atomic E-state index is 13.1. The number of halogens is 1. The maximum Gasteiger partial charge on any atom is 0.237 e. The molecule has 1 atom stereocenters. The van der Waals surface area contributed by atoms with E-state index in [0.29, 0.717) is 11.4 Å². The van der Waals surface area contributed by atoms with Crippen LogP contribution in [0.15, 0.2) is 53.4 Å². The molecule has 0 aliphatic heterocycles. The summed E-state index contributed by atoms with van der Waals surface area (Å²) in [5.41, 5.74) is 0.501. The van der Waals surface area contributed by atoms with Crippen LogP contribution in [0.3, 0.4) is 0 Å². The van der Waals surface area contributed by atoms with Crippen LogP contribution in [0.1, 0.15) is 0 Å². The van der Waals surface area contributed by atoms with E-state index >= 15 is 0 Å². The lowest BCUT2D eigenvalue weighted by Gasteiger charge is -2.09. The summed E-state index contributed by atoms with van der Waals surface area (Å²) in [4.78, 5) is 12.2. The molecule has 21 heavy (non-hydrogen) atoms. The predicted molar refractivity (Wildman–Crippen MR) is 79.3 cm³/mol. The summed E-state index contributed by atoms with van der Waals surface area (Å²) in [7, 11) is -0.103. The zero-order chi connectivity index (χ0) is 15.2. The number of amides is 1. The third kappa shape index (κ3) is 4.13. The van der Waals surface area contributed by atoms with Gasteiger partial charge < -0.3 is 10.1 Å². The minimum atomic E-state index is -1.60. The predicted octanol–water partition coefficient (Wildman–Crippen LogP) is 2.58. The minimum absolute atomic E-state index is 0.249. The van der Waals surface area contributed by atoms with E-state index in [-0.39, 0.29) is 10.6 Å². The largest absolute Gasteiger partial charge is 0.495 e. The van der Waals surface area contributed by atoms with Crippen molar-refractivity contribution in [3.8, 4) is 5.75 Å². The zero-order valence-corrected chi connectivity index (χ0v) is 12.2. The number of benzene rings is 2. The Morgan fingerprint density at radius 2 is 2.00 bits per heavy atom. The van der Waals surface area contributed by atoms with E-state index in [1.54, 1.807) is 24.3 Å². The van der Waals surface area contributed by atoms with Crippen LogP contribution in [-0.2, 0) is 15.6 Å². The molecule has 0 bridgehead atoms. The number of ether oxygens (including phenoxy) is 1. The number of anilines is 1. The molecule has 0 aromatic heterocycles. The third-order valence-corrected chi connectivity index (χ3v) is 4.01. The Labute approximate surface area is 124 Å². The molecule has 1 N–H and O–H groups in total. The number of methoxy groups -OCH3 is 1. The van der Waals surface area contributed by atoms with E-state index in [1.807, 2.05) is 0 Å². The topological polar surface area (TPSA) is 55.4 Å². The molecule has 2 aromatic carbocycles. The first-order valence-electron chi connectivity index (χ1n) is 6.17. The van der Waals surface area contributed by atoms with Crippen LogP contribution in [0.4, 0.5) is 10.1 Å². The summed E-state index contributed by atoms with van der Waals surface area (Å²) >= 11 is 0. The van der Waals surface area contributed by atoms with Crippen LogP contribution in [0.5, 0.6) is 5.75 Å². The van der Waals surface area contributed by atoms with Crippen molar-refractivity contribution in [1.29, 1.82) is 0 Å². The van der Waals surface area contributed by atoms with E-state index < -0.39 is 22.5 Å². The molecule has 6 heteroatoms. The number of carbonyl (C=O) groups excluding carboxylic acids is 1. The quantitative estimate of drug-likeness (QED) is 0.923. The molecule has 0 saturated carbocycles. The van der Waals surface area contributed by atoms with Crippen molar-refractivity contribution in [1.82, 2.24) is 0 Å². The van der Waals surface area contributed by atoms with Gasteiger partial charge in [-0.1, -0.05) is 18.2 Å². The fourth-order valence-corrected chi connectivity index (χ4v) is 2.70. The SMILES string of the molecule is COc1ccccc1NC(=O)CS(=O)c1cccc(F)c1. The molecular weight excluding hydrogens is 293 g/mol. The highest BCUT2D eigenvalue weighted by Gasteiger charge is 2.12. The average molecular weight is 307 g/mol. The number of para-hydroxylation sites is 2. The molecule has 2 aromatic rings. The first kappa shape index (κ1) is 15.2. The van der Waals surface area contributed by atoms with E-state index in [4.69, 9.17) is 4.74 Å². The Bertz CT molecular complexity index is 675. The van der Waals surface area contributed by atoms with Gasteiger partial charge in [-0.25, -0.2) is 4.39 Å². The van der Waals surface area contributed by atoms with E-state index in [0.717, 1.165) is 6.07 Å². The Hall–Kier alpha value is -2.21. The second-order valence-corrected chi connectivity index (χ2v) is 5.65. The Kier molecular flexibility index (Phi) is 5.05. The first-order chi connectivity index (χ1) is 10.1. The molecule has 1 unspecified atom stereocenters. The van der Waals surface area contributed by atoms with Gasteiger partial charge in [0.25, 0.3) is 0 Å². The van der Waals surface area contributed by atoms with Crippen molar-refractivity contribution in [2.75, 3.05) is 18.2 Å². The average Bonchev–Trinajstić information content (AvgIpc) is 2.47. The Balaban J connectivity index is 2.03. The maximum absolute atomic E-state index is 13.1. The highest BCUT2D eigenvalue weighted by molar-refractivity contribution is 7.85. The van der Waals surface area contributed by atoms with E-state index in [2.05, 4.69) is 5.32 Å². The van der Waals surface area contributed by atoms with Crippen molar-refractivity contribution in [3.63, 3.8) is 0 Å². The van der Waals surface area contributed by atoms with Gasteiger partial charge in [0.15, 0.2) is 0 Å². The lowest BCUT2D eigenvalue weighted by Crippen LogP contribution is -2.20. The van der Waals surface area contributed by atoms with Crippen LogP contribution in [-0.4, -0.2) is 23.0 Å². The summed E-state index contributed by atoms with van der Waals surface area (Å²) in [6, 6.07) is 12.3. The molecule has 0 fully saturated rings. The van der Waals surface area contributed by atoms with Gasteiger partial charge in [-0.2, -0.15) is 0 Å².